The van der Waals surface area contributed by atoms with E-state index in [9.17, 15) is 60.2 Å². The highest BCUT2D eigenvalue weighted by Crippen LogP contribution is 2.31. The fourth-order valence-corrected chi connectivity index (χ4v) is 7.85. The fourth-order valence-electron chi connectivity index (χ4n) is 6.52. The topological polar surface area (TPSA) is 517 Å². The SMILES string of the molecule is C1CCOC1.Cn1c(COC(=O)NCCCO)cnc1[N+](=O)[O-].Cn1c(COC(=O)Oc2ccc([N+](=O)[O-])cc2)cnc1[N+](=O)[O-].Cn1c([N+](=O)[O-])nc(Br)c1-c1ccc(CO)cc1.Cn1c([N+](=O)[O-])nc(Br)c1Br.NCCCO.OCc1ccc(B(O)O)cc1. The van der Waals surface area contributed by atoms with Gasteiger partial charge in [-0.05, 0) is 128 Å². The Hall–Kier alpha value is -8.78. The summed E-state index contributed by atoms with van der Waals surface area (Å²) >= 11 is 9.39. The number of nitro groups is 5. The van der Waals surface area contributed by atoms with Gasteiger partial charge >= 0.3 is 43.2 Å². The highest BCUT2D eigenvalue weighted by Gasteiger charge is 2.25. The Morgan fingerprint density at radius 3 is 1.44 bits per heavy atom. The molecule has 0 unspecified atom stereocenters. The minimum atomic E-state index is -1.43. The summed E-state index contributed by atoms with van der Waals surface area (Å²) in [6, 6.07) is 18.4. The van der Waals surface area contributed by atoms with Crippen molar-refractivity contribution in [2.24, 2.45) is 33.9 Å². The Labute approximate surface area is 541 Å². The minimum absolute atomic E-state index is 0.0196. The molecule has 0 radical (unpaired) electrons. The van der Waals surface area contributed by atoms with E-state index in [-0.39, 0.29) is 74.9 Å². The molecule has 9 N–H and O–H groups in total. The van der Waals surface area contributed by atoms with Crippen LogP contribution < -0.4 is 21.3 Å². The number of nitrogens with two attached hydrogens (primary N) is 1. The number of nitrogens with zero attached hydrogens (tertiary/aromatic N) is 13. The number of hydrogen-bond donors (Lipinski definition) is 8. The Balaban J connectivity index is 0.000000380. The van der Waals surface area contributed by atoms with Gasteiger partial charge in [-0.2, -0.15) is 0 Å². The second-order valence-corrected chi connectivity index (χ2v) is 19.9. The second kappa shape index (κ2) is 41.5. The number of alkyl carbamates (subject to hydrolysis) is 1. The molecule has 5 heterocycles. The molecule has 0 aliphatic carbocycles. The molecular formula is C50H63BBr3N15O22. The van der Waals surface area contributed by atoms with E-state index in [0.717, 1.165) is 36.3 Å². The molecule has 1 fully saturated rings. The van der Waals surface area contributed by atoms with E-state index in [4.69, 9.17) is 55.2 Å². The van der Waals surface area contributed by atoms with Gasteiger partial charge in [0.05, 0.1) is 46.3 Å². The van der Waals surface area contributed by atoms with Crippen LogP contribution in [0.5, 0.6) is 5.75 Å². The van der Waals surface area contributed by atoms with E-state index in [0.29, 0.717) is 55.9 Å². The fraction of sp³-hybridized carbons (Fsp3) is 0.360. The number of imidazole rings is 4. The summed E-state index contributed by atoms with van der Waals surface area (Å²) in [6.45, 7) is 2.66. The number of carbonyl (C=O) groups is 2. The van der Waals surface area contributed by atoms with Gasteiger partial charge in [0.15, 0.2) is 34.9 Å². The van der Waals surface area contributed by atoms with E-state index in [1.165, 1.54) is 81.9 Å². The first kappa shape index (κ1) is 78.3. The Morgan fingerprint density at radius 2 is 1.09 bits per heavy atom. The van der Waals surface area contributed by atoms with Crippen LogP contribution in [0.2, 0.25) is 0 Å². The summed E-state index contributed by atoms with van der Waals surface area (Å²) in [5, 5.41) is 107. The molecule has 494 valence electrons. The molecule has 37 nitrogen and oxygen atoms in total. The molecule has 0 spiro atoms. The Kier molecular flexibility index (Phi) is 35.7. The first-order chi connectivity index (χ1) is 43.2. The van der Waals surface area contributed by atoms with Crippen LogP contribution in [0.1, 0.15) is 48.2 Å². The van der Waals surface area contributed by atoms with Gasteiger partial charge in [0.2, 0.25) is 9.21 Å². The monoisotopic (exact) mass is 1470 g/mol. The molecule has 1 aliphatic heterocycles. The number of benzene rings is 3. The molecule has 91 heavy (non-hydrogen) atoms. The van der Waals surface area contributed by atoms with E-state index in [1.807, 2.05) is 0 Å². The zero-order chi connectivity index (χ0) is 68.3. The van der Waals surface area contributed by atoms with Crippen LogP contribution in [-0.2, 0) is 68.8 Å². The van der Waals surface area contributed by atoms with Crippen molar-refractivity contribution >= 4 is 102 Å². The van der Waals surface area contributed by atoms with Crippen molar-refractivity contribution in [2.45, 2.75) is 52.1 Å². The lowest BCUT2D eigenvalue weighted by Gasteiger charge is -2.05. The summed E-state index contributed by atoms with van der Waals surface area (Å²) in [6.07, 6.45) is 4.50. The van der Waals surface area contributed by atoms with E-state index in [1.54, 1.807) is 62.6 Å². The highest BCUT2D eigenvalue weighted by molar-refractivity contribution is 9.13. The van der Waals surface area contributed by atoms with Crippen molar-refractivity contribution in [3.63, 3.8) is 0 Å². The number of ether oxygens (including phenoxy) is 4. The lowest BCUT2D eigenvalue weighted by molar-refractivity contribution is -0.396. The average molecular weight is 1480 g/mol. The normalized spacial score (nSPS) is 10.8. The molecule has 1 aliphatic rings. The number of non-ortho nitro benzene ring substituents is 1. The first-order valence-corrected chi connectivity index (χ1v) is 28.5. The predicted octanol–water partition coefficient (Wildman–Crippen LogP) is 4.98. The molecule has 0 atom stereocenters. The number of nitrogens with one attached hydrogen (secondary N) is 1. The summed E-state index contributed by atoms with van der Waals surface area (Å²) in [5.74, 6) is -1.04. The number of aliphatic hydroxyl groups excluding tert-OH is 4. The van der Waals surface area contributed by atoms with Gasteiger partial charge < -0.3 is 101 Å². The molecule has 0 bridgehead atoms. The molecular weight excluding hydrogens is 1410 g/mol. The number of carbonyl (C=O) groups excluding carboxylic acids is 2. The lowest BCUT2D eigenvalue weighted by atomic mass is 9.80. The van der Waals surface area contributed by atoms with Gasteiger partial charge in [-0.3, -0.25) is 10.1 Å². The number of rotatable bonds is 19. The van der Waals surface area contributed by atoms with E-state index in [2.05, 4.69) is 73.0 Å². The number of hydrogen-bond acceptors (Lipinski definition) is 27. The Bertz CT molecular complexity index is 3430. The Morgan fingerprint density at radius 1 is 0.626 bits per heavy atom. The van der Waals surface area contributed by atoms with Crippen LogP contribution in [0, 0.1) is 50.6 Å². The second-order valence-electron chi connectivity index (χ2n) is 17.7. The van der Waals surface area contributed by atoms with Gasteiger partial charge in [-0.15, -0.1) is 0 Å². The summed E-state index contributed by atoms with van der Waals surface area (Å²) in [7, 11) is 4.59. The summed E-state index contributed by atoms with van der Waals surface area (Å²) < 4.78 is 26.0. The maximum absolute atomic E-state index is 11.5. The molecule has 1 amide bonds. The zero-order valence-electron chi connectivity index (χ0n) is 48.8. The van der Waals surface area contributed by atoms with Gasteiger partial charge in [-0.25, -0.2) is 27.9 Å². The minimum Gasteiger partial charge on any atom is -0.441 e. The molecule has 4 aromatic heterocycles. The molecule has 7 aromatic rings. The highest BCUT2D eigenvalue weighted by atomic mass is 79.9. The maximum Gasteiger partial charge on any atom is 0.514 e. The van der Waals surface area contributed by atoms with Crippen molar-refractivity contribution in [3.05, 3.63) is 172 Å². The molecule has 1 saturated heterocycles. The van der Waals surface area contributed by atoms with Crippen molar-refractivity contribution in [3.8, 4) is 17.0 Å². The third-order valence-electron chi connectivity index (χ3n) is 11.4. The lowest BCUT2D eigenvalue weighted by Crippen LogP contribution is -2.29. The zero-order valence-corrected chi connectivity index (χ0v) is 53.6. The largest absolute Gasteiger partial charge is 0.514 e. The maximum atomic E-state index is 11.5. The van der Waals surface area contributed by atoms with Crippen LogP contribution in [0.25, 0.3) is 11.3 Å². The van der Waals surface area contributed by atoms with Crippen molar-refractivity contribution in [2.75, 3.05) is 39.5 Å². The van der Waals surface area contributed by atoms with Gasteiger partial charge in [0, 0.05) is 50.7 Å². The number of amides is 1. The summed E-state index contributed by atoms with van der Waals surface area (Å²) in [4.78, 5) is 87.1. The summed E-state index contributed by atoms with van der Waals surface area (Å²) in [5.41, 5.74) is 8.95. The standard InChI is InChI=1S/C12H10N4O7.C11H10BrN3O3.C9H14N4O5.C7H9BO3.C4H3Br2N3O2.C4H8O.C3H9NO/c1-14-9(6-13-11(14)16(20)21)7-22-12(17)23-10-4-2-8(3-5-10)15(18)19;1-14-9(10(12)13-11(14)15(17)18)8-4-2-7(6-16)3-5-8;1-12-7(5-11-8(12)13(16)17)6-18-9(15)10-3-2-4-14;9-5-6-1-3-7(4-2-6)8(10)11;1-8-3(6)2(5)7-4(8)9(10)11;1-2-4-5-3-1;4-2-1-3-5/h2-6H,7H2,1H3;2-5,16H,6H2,1H3;5,14H,2-4,6H2,1H3,(H,10,15);1-4,9-11H,5H2;1H3;1-4H2;5H,1-4H2. The third kappa shape index (κ3) is 27.1. The van der Waals surface area contributed by atoms with Crippen LogP contribution in [0.3, 0.4) is 0 Å². The van der Waals surface area contributed by atoms with Gasteiger partial charge in [-0.1, -0.05) is 68.5 Å². The molecule has 3 aromatic carbocycles. The van der Waals surface area contributed by atoms with Crippen molar-refractivity contribution in [1.82, 2.24) is 43.5 Å². The van der Waals surface area contributed by atoms with Crippen molar-refractivity contribution in [1.29, 1.82) is 0 Å². The molecule has 8 rings (SSSR count). The number of nitro benzene ring substituents is 1. The molecule has 0 saturated carbocycles. The van der Waals surface area contributed by atoms with Crippen LogP contribution in [0.4, 0.5) is 39.1 Å². The molecule has 41 heteroatoms. The average Bonchev–Trinajstić information content (AvgIpc) is 1.82. The number of aromatic nitrogens is 8. The van der Waals surface area contributed by atoms with E-state index < -0.39 is 44.0 Å². The smallest absolute Gasteiger partial charge is 0.441 e. The van der Waals surface area contributed by atoms with Gasteiger partial charge in [0.1, 0.15) is 18.1 Å². The van der Waals surface area contributed by atoms with E-state index >= 15 is 0 Å². The quantitative estimate of drug-likeness (QED) is 0.0132. The van der Waals surface area contributed by atoms with Crippen molar-refractivity contribution < 1.29 is 83.6 Å². The number of halogens is 3. The van der Waals surface area contributed by atoms with Crippen LogP contribution in [0.15, 0.2) is 99.0 Å². The van der Waals surface area contributed by atoms with Crippen LogP contribution in [-0.4, -0.2) is 152 Å². The van der Waals surface area contributed by atoms with Crippen LogP contribution >= 0.6 is 47.8 Å². The third-order valence-corrected chi connectivity index (χ3v) is 13.9. The first-order valence-electron chi connectivity index (χ1n) is 26.1. The predicted molar refractivity (Wildman–Crippen MR) is 331 cm³/mol. The van der Waals surface area contributed by atoms with Gasteiger partial charge in [0.25, 0.3) is 5.69 Å². The number of aliphatic hydroxyl groups is 4.